The predicted octanol–water partition coefficient (Wildman–Crippen LogP) is 1.27. The van der Waals surface area contributed by atoms with Crippen molar-refractivity contribution in [2.45, 2.75) is 62.9 Å². The van der Waals surface area contributed by atoms with Crippen LogP contribution in [0.4, 0.5) is 0 Å². The van der Waals surface area contributed by atoms with Gasteiger partial charge in [0.2, 0.25) is 5.91 Å². The Kier molecular flexibility index (Phi) is 5.37. The molecule has 22 heavy (non-hydrogen) atoms. The zero-order valence-corrected chi connectivity index (χ0v) is 13.7. The number of carbonyl (C=O) groups is 1. The first-order valence-corrected chi connectivity index (χ1v) is 9.06. The van der Waals surface area contributed by atoms with Gasteiger partial charge in [-0.1, -0.05) is 19.3 Å². The Morgan fingerprint density at radius 2 is 1.91 bits per heavy atom. The number of piperidine rings is 1. The summed E-state index contributed by atoms with van der Waals surface area (Å²) in [6.07, 6.45) is 8.39. The lowest BCUT2D eigenvalue weighted by atomic mass is 9.81. The molecule has 2 heterocycles. The molecule has 0 spiro atoms. The second kappa shape index (κ2) is 7.28. The van der Waals surface area contributed by atoms with E-state index in [4.69, 9.17) is 10.5 Å². The Morgan fingerprint density at radius 1 is 1.18 bits per heavy atom. The van der Waals surface area contributed by atoms with E-state index in [0.29, 0.717) is 12.0 Å². The summed E-state index contributed by atoms with van der Waals surface area (Å²) in [4.78, 5) is 15.0. The molecule has 126 valence electrons. The number of nitrogens with one attached hydrogen (secondary N) is 1. The lowest BCUT2D eigenvalue weighted by Crippen LogP contribution is -2.58. The lowest BCUT2D eigenvalue weighted by molar-refractivity contribution is -0.128. The largest absolute Gasteiger partial charge is 0.381 e. The summed E-state index contributed by atoms with van der Waals surface area (Å²) in [5.41, 5.74) is 5.72. The number of likely N-dealkylation sites (tertiary alicyclic amines) is 1. The maximum atomic E-state index is 12.5. The van der Waals surface area contributed by atoms with Crippen LogP contribution in [-0.4, -0.2) is 55.2 Å². The van der Waals surface area contributed by atoms with Crippen LogP contribution in [0, 0.1) is 5.92 Å². The van der Waals surface area contributed by atoms with Crippen molar-refractivity contribution in [2.24, 2.45) is 11.7 Å². The van der Waals surface area contributed by atoms with Crippen LogP contribution >= 0.6 is 0 Å². The molecule has 5 heteroatoms. The Balaban J connectivity index is 1.40. The number of rotatable bonds is 4. The van der Waals surface area contributed by atoms with Crippen molar-refractivity contribution in [2.75, 3.05) is 32.8 Å². The first kappa shape index (κ1) is 16.2. The van der Waals surface area contributed by atoms with Gasteiger partial charge in [-0.25, -0.2) is 0 Å². The summed E-state index contributed by atoms with van der Waals surface area (Å²) >= 11 is 0. The standard InChI is InChI=1S/C17H31N3O2/c18-17(7-2-1-3-8-17)16(21)19-15-4-9-20(10-5-15)12-14-6-11-22-13-14/h14-15H,1-13,18H2,(H,19,21). The second-order valence-electron chi connectivity index (χ2n) is 7.49. The van der Waals surface area contributed by atoms with Gasteiger partial charge >= 0.3 is 0 Å². The maximum absolute atomic E-state index is 12.5. The third-order valence-corrected chi connectivity index (χ3v) is 5.66. The molecule has 3 aliphatic rings. The highest BCUT2D eigenvalue weighted by Crippen LogP contribution is 2.26. The quantitative estimate of drug-likeness (QED) is 0.820. The molecule has 2 aliphatic heterocycles. The van der Waals surface area contributed by atoms with Crippen LogP contribution in [0.1, 0.15) is 51.4 Å². The zero-order valence-electron chi connectivity index (χ0n) is 13.7. The Labute approximate surface area is 133 Å². The highest BCUT2D eigenvalue weighted by Gasteiger charge is 2.36. The van der Waals surface area contributed by atoms with E-state index in [1.165, 1.54) is 12.8 Å². The molecule has 0 aromatic heterocycles. The fraction of sp³-hybridized carbons (Fsp3) is 0.941. The van der Waals surface area contributed by atoms with Gasteiger partial charge in [-0.15, -0.1) is 0 Å². The van der Waals surface area contributed by atoms with Crippen molar-refractivity contribution in [3.05, 3.63) is 0 Å². The van der Waals surface area contributed by atoms with Crippen LogP contribution in [-0.2, 0) is 9.53 Å². The van der Waals surface area contributed by atoms with E-state index < -0.39 is 5.54 Å². The van der Waals surface area contributed by atoms with Crippen LogP contribution < -0.4 is 11.1 Å². The molecule has 1 unspecified atom stereocenters. The van der Waals surface area contributed by atoms with Gasteiger partial charge in [-0.3, -0.25) is 4.79 Å². The number of nitrogens with two attached hydrogens (primary N) is 1. The van der Waals surface area contributed by atoms with Crippen LogP contribution in [0.2, 0.25) is 0 Å². The van der Waals surface area contributed by atoms with Crippen molar-refractivity contribution in [3.8, 4) is 0 Å². The van der Waals surface area contributed by atoms with E-state index in [-0.39, 0.29) is 5.91 Å². The molecule has 0 aromatic carbocycles. The normalized spacial score (nSPS) is 30.3. The average molecular weight is 309 g/mol. The van der Waals surface area contributed by atoms with Gasteiger partial charge in [0, 0.05) is 32.3 Å². The molecule has 3 fully saturated rings. The van der Waals surface area contributed by atoms with Gasteiger partial charge < -0.3 is 20.7 Å². The highest BCUT2D eigenvalue weighted by molar-refractivity contribution is 5.86. The highest BCUT2D eigenvalue weighted by atomic mass is 16.5. The van der Waals surface area contributed by atoms with Crippen LogP contribution in [0.15, 0.2) is 0 Å². The number of carbonyl (C=O) groups excluding carboxylic acids is 1. The zero-order chi connectivity index (χ0) is 15.4. The van der Waals surface area contributed by atoms with Gasteiger partial charge in [-0.05, 0) is 38.0 Å². The SMILES string of the molecule is NC1(C(=O)NC2CCN(CC3CCOC3)CC2)CCCCC1. The van der Waals surface area contributed by atoms with Gasteiger partial charge in [0.15, 0.2) is 0 Å². The summed E-state index contributed by atoms with van der Waals surface area (Å²) in [6.45, 7) is 5.17. The monoisotopic (exact) mass is 309 g/mol. The summed E-state index contributed by atoms with van der Waals surface area (Å²) in [5, 5.41) is 3.23. The summed E-state index contributed by atoms with van der Waals surface area (Å²) < 4.78 is 5.45. The minimum absolute atomic E-state index is 0.0924. The minimum Gasteiger partial charge on any atom is -0.381 e. The van der Waals surface area contributed by atoms with E-state index in [1.54, 1.807) is 0 Å². The molecule has 1 saturated carbocycles. The number of ether oxygens (including phenoxy) is 1. The van der Waals surface area contributed by atoms with Gasteiger partial charge in [0.1, 0.15) is 0 Å². The summed E-state index contributed by atoms with van der Waals surface area (Å²) in [6, 6.07) is 0.311. The molecule has 3 N–H and O–H groups in total. The third kappa shape index (κ3) is 4.00. The van der Waals surface area contributed by atoms with Crippen molar-refractivity contribution in [1.82, 2.24) is 10.2 Å². The van der Waals surface area contributed by atoms with E-state index in [1.807, 2.05) is 0 Å². The van der Waals surface area contributed by atoms with Crippen LogP contribution in [0.3, 0.4) is 0 Å². The lowest BCUT2D eigenvalue weighted by Gasteiger charge is -2.37. The van der Waals surface area contributed by atoms with E-state index in [2.05, 4.69) is 10.2 Å². The second-order valence-corrected chi connectivity index (χ2v) is 7.49. The minimum atomic E-state index is -0.601. The summed E-state index contributed by atoms with van der Waals surface area (Å²) in [5.74, 6) is 0.801. The molecule has 3 rings (SSSR count). The molecule has 0 radical (unpaired) electrons. The average Bonchev–Trinajstić information content (AvgIpc) is 3.03. The number of hydrogen-bond acceptors (Lipinski definition) is 4. The van der Waals surface area contributed by atoms with Gasteiger partial charge in [0.05, 0.1) is 12.1 Å². The fourth-order valence-electron chi connectivity index (χ4n) is 4.09. The maximum Gasteiger partial charge on any atom is 0.240 e. The molecular formula is C17H31N3O2. The molecule has 1 amide bonds. The van der Waals surface area contributed by atoms with E-state index in [0.717, 1.165) is 71.4 Å². The molecule has 0 aromatic rings. The molecule has 2 saturated heterocycles. The Hall–Kier alpha value is -0.650. The predicted molar refractivity (Wildman–Crippen MR) is 86.5 cm³/mol. The Morgan fingerprint density at radius 3 is 2.55 bits per heavy atom. The third-order valence-electron chi connectivity index (χ3n) is 5.66. The van der Waals surface area contributed by atoms with Crippen LogP contribution in [0.5, 0.6) is 0 Å². The first-order valence-electron chi connectivity index (χ1n) is 9.06. The van der Waals surface area contributed by atoms with Crippen molar-refractivity contribution < 1.29 is 9.53 Å². The van der Waals surface area contributed by atoms with Gasteiger partial charge in [-0.2, -0.15) is 0 Å². The van der Waals surface area contributed by atoms with Crippen LogP contribution in [0.25, 0.3) is 0 Å². The van der Waals surface area contributed by atoms with Crippen molar-refractivity contribution in [1.29, 1.82) is 0 Å². The molecule has 1 aliphatic carbocycles. The van der Waals surface area contributed by atoms with E-state index in [9.17, 15) is 4.79 Å². The Bertz CT molecular complexity index is 368. The fourth-order valence-corrected chi connectivity index (χ4v) is 4.09. The van der Waals surface area contributed by atoms with Crippen molar-refractivity contribution in [3.63, 3.8) is 0 Å². The molecule has 5 nitrogen and oxygen atoms in total. The topological polar surface area (TPSA) is 67.6 Å². The van der Waals surface area contributed by atoms with Gasteiger partial charge in [0.25, 0.3) is 0 Å². The van der Waals surface area contributed by atoms with Crippen molar-refractivity contribution >= 4 is 5.91 Å². The number of nitrogens with zero attached hydrogens (tertiary/aromatic N) is 1. The molecule has 1 atom stereocenters. The number of amides is 1. The smallest absolute Gasteiger partial charge is 0.240 e. The number of hydrogen-bond donors (Lipinski definition) is 2. The van der Waals surface area contributed by atoms with E-state index >= 15 is 0 Å². The molecular weight excluding hydrogens is 278 g/mol. The molecule has 0 bridgehead atoms. The summed E-state index contributed by atoms with van der Waals surface area (Å²) in [7, 11) is 0. The first-order chi connectivity index (χ1) is 10.7.